The third-order valence-electron chi connectivity index (χ3n) is 5.07. The molecule has 0 saturated carbocycles. The van der Waals surface area contributed by atoms with E-state index < -0.39 is 43.8 Å². The maximum Gasteiger partial charge on any atom is 0.501 e. The van der Waals surface area contributed by atoms with Crippen molar-refractivity contribution in [3.05, 3.63) is 94.7 Å². The standard InChI is InChI=1S/C21H15F3N4O6S/c22-21(23,24)35(32,33)13-5-3-12(4-6-13)28-17(29)11-27(20(28)31)19(25)14-7-8-26-10-15(14)18(30)16-2-1-9-34-16/h1-11,19,29H,25H2. The van der Waals surface area contributed by atoms with Gasteiger partial charge >= 0.3 is 11.2 Å². The number of nitrogens with two attached hydrogens (primary N) is 1. The number of rotatable bonds is 6. The van der Waals surface area contributed by atoms with Crippen LogP contribution in [0, 0.1) is 0 Å². The number of nitrogens with zero attached hydrogens (tertiary/aromatic N) is 3. The molecule has 1 aromatic carbocycles. The van der Waals surface area contributed by atoms with Crippen molar-refractivity contribution in [2.75, 3.05) is 0 Å². The van der Waals surface area contributed by atoms with Gasteiger partial charge in [0.05, 0.1) is 28.6 Å². The van der Waals surface area contributed by atoms with Gasteiger partial charge in [0.1, 0.15) is 6.17 Å². The lowest BCUT2D eigenvalue weighted by atomic mass is 10.0. The second-order valence-electron chi connectivity index (χ2n) is 7.17. The van der Waals surface area contributed by atoms with Gasteiger partial charge in [-0.25, -0.2) is 17.8 Å². The zero-order valence-corrected chi connectivity index (χ0v) is 18.2. The molecule has 10 nitrogen and oxygen atoms in total. The van der Waals surface area contributed by atoms with Crippen LogP contribution in [0.5, 0.6) is 5.88 Å². The topological polar surface area (TPSA) is 150 Å². The van der Waals surface area contributed by atoms with Crippen molar-refractivity contribution in [3.8, 4) is 11.6 Å². The van der Waals surface area contributed by atoms with E-state index in [9.17, 15) is 36.3 Å². The largest absolute Gasteiger partial charge is 0.501 e. The molecule has 3 N–H and O–H groups in total. The molecule has 0 radical (unpaired) electrons. The van der Waals surface area contributed by atoms with E-state index in [1.165, 1.54) is 36.9 Å². The number of furan rings is 1. The molecule has 0 aliphatic heterocycles. The Kier molecular flexibility index (Phi) is 5.86. The first-order valence-electron chi connectivity index (χ1n) is 9.66. The van der Waals surface area contributed by atoms with Crippen molar-refractivity contribution in [2.45, 2.75) is 16.6 Å². The van der Waals surface area contributed by atoms with Crippen molar-refractivity contribution in [2.24, 2.45) is 5.73 Å². The number of carbonyl (C=O) groups excluding carboxylic acids is 1. The fourth-order valence-corrected chi connectivity index (χ4v) is 4.11. The number of hydrogen-bond acceptors (Lipinski definition) is 8. The van der Waals surface area contributed by atoms with Crippen LogP contribution in [0.4, 0.5) is 13.2 Å². The summed E-state index contributed by atoms with van der Waals surface area (Å²) in [7, 11) is -5.59. The summed E-state index contributed by atoms with van der Waals surface area (Å²) in [5.41, 5.74) is -0.0994. The first-order chi connectivity index (χ1) is 16.4. The quantitative estimate of drug-likeness (QED) is 0.377. The average Bonchev–Trinajstić information content (AvgIpc) is 3.46. The highest BCUT2D eigenvalue weighted by molar-refractivity contribution is 7.92. The van der Waals surface area contributed by atoms with E-state index in [1.807, 2.05) is 0 Å². The number of sulfone groups is 1. The number of ketones is 1. The minimum absolute atomic E-state index is 0.00751. The molecule has 4 rings (SSSR count). The predicted molar refractivity (Wildman–Crippen MR) is 114 cm³/mol. The van der Waals surface area contributed by atoms with Crippen LogP contribution in [-0.4, -0.2) is 38.9 Å². The predicted octanol–water partition coefficient (Wildman–Crippen LogP) is 2.36. The Morgan fingerprint density at radius 1 is 1.14 bits per heavy atom. The summed E-state index contributed by atoms with van der Waals surface area (Å²) in [4.78, 5) is 28.7. The monoisotopic (exact) mass is 508 g/mol. The van der Waals surface area contributed by atoms with E-state index in [1.54, 1.807) is 0 Å². The number of halogens is 3. The highest BCUT2D eigenvalue weighted by Crippen LogP contribution is 2.31. The third kappa shape index (κ3) is 4.13. The van der Waals surface area contributed by atoms with Gasteiger partial charge in [0, 0.05) is 18.0 Å². The summed E-state index contributed by atoms with van der Waals surface area (Å²) < 4.78 is 68.1. The lowest BCUT2D eigenvalue weighted by Crippen LogP contribution is -2.32. The van der Waals surface area contributed by atoms with Crippen LogP contribution in [0.1, 0.15) is 27.8 Å². The molecule has 0 fully saturated rings. The Morgan fingerprint density at radius 3 is 2.43 bits per heavy atom. The van der Waals surface area contributed by atoms with Gasteiger partial charge in [0.15, 0.2) is 5.76 Å². The molecular formula is C21H15F3N4O6S. The minimum Gasteiger partial charge on any atom is -0.493 e. The van der Waals surface area contributed by atoms with E-state index in [-0.39, 0.29) is 22.6 Å². The summed E-state index contributed by atoms with van der Waals surface area (Å²) in [5, 5.41) is 10.3. The smallest absolute Gasteiger partial charge is 0.493 e. The van der Waals surface area contributed by atoms with Gasteiger partial charge in [0.25, 0.3) is 9.84 Å². The molecular weight excluding hydrogens is 493 g/mol. The first-order valence-corrected chi connectivity index (χ1v) is 11.1. The van der Waals surface area contributed by atoms with Gasteiger partial charge in [-0.2, -0.15) is 13.2 Å². The second-order valence-corrected chi connectivity index (χ2v) is 9.11. The SMILES string of the molecule is NC(c1ccncc1C(=O)c1ccco1)n1cc(O)n(-c2ccc(S(=O)(=O)C(F)(F)F)cc2)c1=O. The highest BCUT2D eigenvalue weighted by Gasteiger charge is 2.46. The molecule has 0 aliphatic carbocycles. The molecule has 14 heteroatoms. The fourth-order valence-electron chi connectivity index (χ4n) is 3.34. The Bertz CT molecular complexity index is 1560. The van der Waals surface area contributed by atoms with Crippen molar-refractivity contribution in [1.29, 1.82) is 0 Å². The number of carbonyl (C=O) groups is 1. The van der Waals surface area contributed by atoms with Gasteiger partial charge in [-0.05, 0) is 42.5 Å². The Balaban J connectivity index is 1.73. The number of pyridine rings is 1. The first kappa shape index (κ1) is 24.0. The minimum atomic E-state index is -5.59. The number of aromatic hydroxyl groups is 1. The summed E-state index contributed by atoms with van der Waals surface area (Å²) >= 11 is 0. The molecule has 3 heterocycles. The van der Waals surface area contributed by atoms with Crippen LogP contribution in [-0.2, 0) is 9.84 Å². The van der Waals surface area contributed by atoms with Gasteiger partial charge in [-0.3, -0.25) is 14.3 Å². The Morgan fingerprint density at radius 2 is 1.83 bits per heavy atom. The summed E-state index contributed by atoms with van der Waals surface area (Å²) in [5.74, 6) is -1.18. The number of aromatic nitrogens is 3. The highest BCUT2D eigenvalue weighted by atomic mass is 32.2. The van der Waals surface area contributed by atoms with Gasteiger partial charge < -0.3 is 15.3 Å². The maximum absolute atomic E-state index is 13.0. The molecule has 1 atom stereocenters. The zero-order chi connectivity index (χ0) is 25.5. The molecule has 0 aliphatic rings. The Labute approximate surface area is 194 Å². The summed E-state index contributed by atoms with van der Waals surface area (Å²) in [6, 6.07) is 7.51. The van der Waals surface area contributed by atoms with Crippen molar-refractivity contribution < 1.29 is 35.9 Å². The molecule has 1 unspecified atom stereocenters. The molecule has 0 amide bonds. The van der Waals surface area contributed by atoms with Crippen LogP contribution in [0.15, 0.2) is 81.4 Å². The third-order valence-corrected chi connectivity index (χ3v) is 6.57. The molecule has 4 aromatic rings. The zero-order valence-electron chi connectivity index (χ0n) is 17.4. The van der Waals surface area contributed by atoms with Crippen molar-refractivity contribution >= 4 is 15.6 Å². The van der Waals surface area contributed by atoms with Crippen LogP contribution < -0.4 is 11.4 Å². The number of benzene rings is 1. The second kappa shape index (κ2) is 8.56. The molecule has 182 valence electrons. The molecule has 35 heavy (non-hydrogen) atoms. The normalized spacial score (nSPS) is 13.0. The average molecular weight is 508 g/mol. The van der Waals surface area contributed by atoms with Gasteiger partial charge in [-0.1, -0.05) is 0 Å². The van der Waals surface area contributed by atoms with Crippen molar-refractivity contribution in [1.82, 2.24) is 14.1 Å². The molecule has 0 bridgehead atoms. The van der Waals surface area contributed by atoms with E-state index in [2.05, 4.69) is 4.98 Å². The van der Waals surface area contributed by atoms with E-state index in [4.69, 9.17) is 10.2 Å². The van der Waals surface area contributed by atoms with Crippen LogP contribution in [0.3, 0.4) is 0 Å². The van der Waals surface area contributed by atoms with Crippen molar-refractivity contribution in [3.63, 3.8) is 0 Å². The number of imidazole rings is 1. The molecule has 3 aromatic heterocycles. The number of alkyl halides is 3. The molecule has 0 saturated heterocycles. The van der Waals surface area contributed by atoms with E-state index in [0.29, 0.717) is 16.7 Å². The van der Waals surface area contributed by atoms with Crippen LogP contribution in [0.25, 0.3) is 5.69 Å². The summed E-state index contributed by atoms with van der Waals surface area (Å²) in [6.07, 6.45) is 3.57. The van der Waals surface area contributed by atoms with Gasteiger partial charge in [0.2, 0.25) is 11.7 Å². The fraction of sp³-hybridized carbons (Fsp3) is 0.0952. The lowest BCUT2D eigenvalue weighted by molar-refractivity contribution is -0.0436. The van der Waals surface area contributed by atoms with E-state index >= 15 is 0 Å². The number of hydrogen-bond donors (Lipinski definition) is 2. The van der Waals surface area contributed by atoms with Gasteiger partial charge in [-0.15, -0.1) is 0 Å². The van der Waals surface area contributed by atoms with Crippen LogP contribution >= 0.6 is 0 Å². The Hall–Kier alpha value is -4.17. The van der Waals surface area contributed by atoms with E-state index in [0.717, 1.165) is 22.9 Å². The molecule has 0 spiro atoms. The maximum atomic E-state index is 13.0. The summed E-state index contributed by atoms with van der Waals surface area (Å²) in [6.45, 7) is 0. The van der Waals surface area contributed by atoms with Crippen LogP contribution in [0.2, 0.25) is 0 Å². The lowest BCUT2D eigenvalue weighted by Gasteiger charge is -2.15.